The van der Waals surface area contributed by atoms with Crippen LogP contribution in [0.3, 0.4) is 0 Å². The van der Waals surface area contributed by atoms with E-state index in [9.17, 15) is 12.8 Å². The van der Waals surface area contributed by atoms with Gasteiger partial charge in [-0.3, -0.25) is 0 Å². The molecular formula is C16H23FN2O2S. The van der Waals surface area contributed by atoms with Crippen LogP contribution >= 0.6 is 0 Å². The van der Waals surface area contributed by atoms with E-state index >= 15 is 0 Å². The lowest BCUT2D eigenvalue weighted by molar-refractivity contribution is 0.397. The van der Waals surface area contributed by atoms with E-state index in [1.54, 1.807) is 12.1 Å². The molecule has 1 aromatic rings. The van der Waals surface area contributed by atoms with Crippen molar-refractivity contribution < 1.29 is 12.8 Å². The van der Waals surface area contributed by atoms with Gasteiger partial charge in [0.1, 0.15) is 5.82 Å². The van der Waals surface area contributed by atoms with Crippen molar-refractivity contribution in [3.05, 3.63) is 35.6 Å². The van der Waals surface area contributed by atoms with Crippen LogP contribution in [0.2, 0.25) is 0 Å². The Bertz CT molecular complexity index is 621. The topological polar surface area (TPSA) is 49.4 Å². The predicted octanol–water partition coefficient (Wildman–Crippen LogP) is 2.57. The molecule has 0 unspecified atom stereocenters. The fraction of sp³-hybridized carbons (Fsp3) is 0.625. The number of hydrogen-bond acceptors (Lipinski definition) is 2. The third kappa shape index (κ3) is 3.05. The molecule has 2 fully saturated rings. The van der Waals surface area contributed by atoms with Gasteiger partial charge in [0.05, 0.1) is 0 Å². The highest BCUT2D eigenvalue weighted by Gasteiger charge is 2.39. The van der Waals surface area contributed by atoms with E-state index in [0.29, 0.717) is 18.7 Å². The Balaban J connectivity index is 1.79. The molecule has 6 heteroatoms. The SMILES string of the molecule is O=S(=O)(NCC1(c2ccccc2F)CCCC1)N1CCCC1. The first kappa shape index (κ1) is 15.9. The molecule has 3 rings (SSSR count). The van der Waals surface area contributed by atoms with Crippen LogP contribution in [0.4, 0.5) is 4.39 Å². The average molecular weight is 326 g/mol. The van der Waals surface area contributed by atoms with Crippen molar-refractivity contribution in [1.82, 2.24) is 9.03 Å². The third-order valence-corrected chi connectivity index (χ3v) is 6.56. The number of halogens is 1. The number of hydrogen-bond donors (Lipinski definition) is 1. The average Bonchev–Trinajstić information content (AvgIpc) is 3.19. The molecule has 2 aliphatic rings. The molecule has 1 heterocycles. The van der Waals surface area contributed by atoms with Crippen LogP contribution < -0.4 is 4.72 Å². The Hall–Kier alpha value is -0.980. The smallest absolute Gasteiger partial charge is 0.207 e. The van der Waals surface area contributed by atoms with Crippen LogP contribution in [0.15, 0.2) is 24.3 Å². The van der Waals surface area contributed by atoms with E-state index in [4.69, 9.17) is 0 Å². The first-order valence-electron chi connectivity index (χ1n) is 8.03. The fourth-order valence-corrected chi connectivity index (χ4v) is 5.11. The van der Waals surface area contributed by atoms with Crippen molar-refractivity contribution in [3.63, 3.8) is 0 Å². The van der Waals surface area contributed by atoms with E-state index in [1.165, 1.54) is 10.4 Å². The molecular weight excluding hydrogens is 303 g/mol. The van der Waals surface area contributed by atoms with Gasteiger partial charge in [0.2, 0.25) is 0 Å². The molecule has 1 aliphatic heterocycles. The maximum Gasteiger partial charge on any atom is 0.279 e. The highest BCUT2D eigenvalue weighted by Crippen LogP contribution is 2.41. The van der Waals surface area contributed by atoms with E-state index in [1.807, 2.05) is 6.07 Å². The number of nitrogens with one attached hydrogen (secondary N) is 1. The van der Waals surface area contributed by atoms with Crippen molar-refractivity contribution in [2.45, 2.75) is 43.9 Å². The van der Waals surface area contributed by atoms with Crippen molar-refractivity contribution in [1.29, 1.82) is 0 Å². The van der Waals surface area contributed by atoms with Crippen molar-refractivity contribution in [2.75, 3.05) is 19.6 Å². The van der Waals surface area contributed by atoms with Gasteiger partial charge in [-0.05, 0) is 37.3 Å². The lowest BCUT2D eigenvalue weighted by atomic mass is 9.79. The zero-order chi connectivity index (χ0) is 15.6. The maximum absolute atomic E-state index is 14.2. The summed E-state index contributed by atoms with van der Waals surface area (Å²) in [5.41, 5.74) is 0.245. The second-order valence-electron chi connectivity index (χ2n) is 6.40. The standard InChI is InChI=1S/C16H23FN2O2S/c17-15-8-2-1-7-14(15)16(9-3-4-10-16)13-18-22(20,21)19-11-5-6-12-19/h1-2,7-8,18H,3-6,9-13H2. The largest absolute Gasteiger partial charge is 0.279 e. The highest BCUT2D eigenvalue weighted by molar-refractivity contribution is 7.87. The molecule has 1 saturated carbocycles. The predicted molar refractivity (Wildman–Crippen MR) is 84.3 cm³/mol. The molecule has 0 aromatic heterocycles. The Kier molecular flexibility index (Phi) is 4.52. The van der Waals surface area contributed by atoms with Crippen molar-refractivity contribution >= 4 is 10.2 Å². The molecule has 1 N–H and O–H groups in total. The number of nitrogens with zero attached hydrogens (tertiary/aromatic N) is 1. The quantitative estimate of drug-likeness (QED) is 0.904. The molecule has 22 heavy (non-hydrogen) atoms. The minimum atomic E-state index is -3.45. The van der Waals surface area contributed by atoms with Crippen LogP contribution in [0, 0.1) is 5.82 Å². The van der Waals surface area contributed by atoms with Crippen LogP contribution in [0.25, 0.3) is 0 Å². The number of benzene rings is 1. The summed E-state index contributed by atoms with van der Waals surface area (Å²) >= 11 is 0. The van der Waals surface area contributed by atoms with Gasteiger partial charge in [0.15, 0.2) is 0 Å². The normalized spacial score (nSPS) is 22.2. The van der Waals surface area contributed by atoms with Gasteiger partial charge < -0.3 is 0 Å². The minimum absolute atomic E-state index is 0.232. The lowest BCUT2D eigenvalue weighted by Gasteiger charge is -2.31. The molecule has 0 atom stereocenters. The summed E-state index contributed by atoms with van der Waals surface area (Å²) in [6.07, 6.45) is 5.52. The summed E-state index contributed by atoms with van der Waals surface area (Å²) < 4.78 is 43.2. The van der Waals surface area contributed by atoms with Crippen LogP contribution in [0.5, 0.6) is 0 Å². The van der Waals surface area contributed by atoms with Crippen LogP contribution in [0.1, 0.15) is 44.1 Å². The van der Waals surface area contributed by atoms with Crippen LogP contribution in [-0.2, 0) is 15.6 Å². The molecule has 122 valence electrons. The third-order valence-electron chi connectivity index (χ3n) is 5.00. The summed E-state index contributed by atoms with van der Waals surface area (Å²) in [6, 6.07) is 6.76. The summed E-state index contributed by atoms with van der Waals surface area (Å²) in [5, 5.41) is 0. The van der Waals surface area contributed by atoms with Gasteiger partial charge in [-0.2, -0.15) is 12.7 Å². The molecule has 0 bridgehead atoms. The number of rotatable bonds is 5. The van der Waals surface area contributed by atoms with E-state index in [0.717, 1.165) is 38.5 Å². The molecule has 0 amide bonds. The molecule has 0 radical (unpaired) electrons. The maximum atomic E-state index is 14.2. The first-order valence-corrected chi connectivity index (χ1v) is 9.47. The summed E-state index contributed by atoms with van der Waals surface area (Å²) in [4.78, 5) is 0. The van der Waals surface area contributed by atoms with Gasteiger partial charge >= 0.3 is 0 Å². The Morgan fingerprint density at radius 2 is 1.73 bits per heavy atom. The monoisotopic (exact) mass is 326 g/mol. The molecule has 1 aliphatic carbocycles. The summed E-state index contributed by atoms with van der Waals surface area (Å²) in [5.74, 6) is -0.232. The van der Waals surface area contributed by atoms with Crippen molar-refractivity contribution in [2.24, 2.45) is 0 Å². The van der Waals surface area contributed by atoms with Gasteiger partial charge in [-0.15, -0.1) is 0 Å². The first-order chi connectivity index (χ1) is 10.5. The fourth-order valence-electron chi connectivity index (χ4n) is 3.73. The summed E-state index contributed by atoms with van der Waals surface area (Å²) in [6.45, 7) is 1.46. The van der Waals surface area contributed by atoms with E-state index < -0.39 is 15.6 Å². The van der Waals surface area contributed by atoms with Gasteiger partial charge in [0.25, 0.3) is 10.2 Å². The van der Waals surface area contributed by atoms with Gasteiger partial charge in [0, 0.05) is 25.0 Å². The zero-order valence-corrected chi connectivity index (χ0v) is 13.5. The van der Waals surface area contributed by atoms with Gasteiger partial charge in [-0.25, -0.2) is 9.11 Å². The Labute approximate surface area is 131 Å². The molecule has 1 aromatic carbocycles. The van der Waals surface area contributed by atoms with E-state index in [2.05, 4.69) is 4.72 Å². The van der Waals surface area contributed by atoms with E-state index in [-0.39, 0.29) is 12.4 Å². The molecule has 4 nitrogen and oxygen atoms in total. The van der Waals surface area contributed by atoms with Crippen LogP contribution in [-0.4, -0.2) is 32.4 Å². The minimum Gasteiger partial charge on any atom is -0.207 e. The van der Waals surface area contributed by atoms with Crippen molar-refractivity contribution in [3.8, 4) is 0 Å². The Morgan fingerprint density at radius 3 is 2.36 bits per heavy atom. The molecule has 1 saturated heterocycles. The summed E-state index contributed by atoms with van der Waals surface area (Å²) in [7, 11) is -3.45. The zero-order valence-electron chi connectivity index (χ0n) is 12.7. The Morgan fingerprint density at radius 1 is 1.09 bits per heavy atom. The second kappa shape index (κ2) is 6.26. The lowest BCUT2D eigenvalue weighted by Crippen LogP contribution is -2.45. The van der Waals surface area contributed by atoms with Gasteiger partial charge in [-0.1, -0.05) is 31.0 Å². The highest BCUT2D eigenvalue weighted by atomic mass is 32.2. The second-order valence-corrected chi connectivity index (χ2v) is 8.15. The molecule has 0 spiro atoms.